The minimum Gasteiger partial charge on any atom is -0.335 e. The number of carbonyl (C=O) groups excluding carboxylic acids is 3. The zero-order valence-corrected chi connectivity index (χ0v) is 25.1. The summed E-state index contributed by atoms with van der Waals surface area (Å²) in [6.45, 7) is 4.57. The predicted molar refractivity (Wildman–Crippen MR) is 161 cm³/mol. The number of hydrogen-bond donors (Lipinski definition) is 1. The Balaban J connectivity index is 0.964. The molecule has 2 aromatic heterocycles. The van der Waals surface area contributed by atoms with Gasteiger partial charge in [0.1, 0.15) is 5.82 Å². The van der Waals surface area contributed by atoms with Crippen molar-refractivity contribution in [1.82, 2.24) is 24.6 Å². The van der Waals surface area contributed by atoms with Gasteiger partial charge in [-0.1, -0.05) is 17.7 Å². The zero-order chi connectivity index (χ0) is 30.9. The van der Waals surface area contributed by atoms with E-state index in [4.69, 9.17) is 0 Å². The molecule has 4 aliphatic heterocycles. The van der Waals surface area contributed by atoms with Crippen molar-refractivity contribution < 1.29 is 27.6 Å². The molecule has 0 unspecified atom stereocenters. The summed E-state index contributed by atoms with van der Waals surface area (Å²) in [4.78, 5) is 49.4. The van der Waals surface area contributed by atoms with E-state index in [1.54, 1.807) is 34.6 Å². The Labute approximate surface area is 258 Å². The average molecular weight is 629 g/mol. The second-order valence-corrected chi connectivity index (χ2v) is 13.1. The number of nitrogens with one attached hydrogen (secondary N) is 1. The Hall–Kier alpha value is -3.71. The van der Waals surface area contributed by atoms with Gasteiger partial charge >= 0.3 is 18.1 Å². The molecule has 0 bridgehead atoms. The lowest BCUT2D eigenvalue weighted by molar-refractivity contribution is -0.189. The summed E-state index contributed by atoms with van der Waals surface area (Å²) in [7, 11) is 0. The summed E-state index contributed by atoms with van der Waals surface area (Å²) in [5, 5.41) is 4.92. The number of piperidine rings is 1. The molecule has 4 aliphatic rings. The maximum absolute atomic E-state index is 12.8. The van der Waals surface area contributed by atoms with Crippen LogP contribution in [-0.2, 0) is 22.6 Å². The largest absolute Gasteiger partial charge is 0.471 e. The molecule has 1 N–H and O–H groups in total. The minimum atomic E-state index is -4.83. The van der Waals surface area contributed by atoms with Crippen molar-refractivity contribution in [3.8, 4) is 0 Å². The summed E-state index contributed by atoms with van der Waals surface area (Å²) < 4.78 is 38.2. The molecule has 0 aliphatic carbocycles. The first-order chi connectivity index (χ1) is 21.1. The number of carbonyl (C=O) groups is 3. The summed E-state index contributed by atoms with van der Waals surface area (Å²) in [6.07, 6.45) is 5.21. The summed E-state index contributed by atoms with van der Waals surface area (Å²) in [5.74, 6) is -1.29. The lowest BCUT2D eigenvalue weighted by Crippen LogP contribution is -2.62. The number of likely N-dealkylation sites (tertiary alicyclic amines) is 2. The first-order valence-electron chi connectivity index (χ1n) is 14.9. The van der Waals surface area contributed by atoms with Gasteiger partial charge < -0.3 is 19.6 Å². The Morgan fingerprint density at radius 3 is 2.59 bits per heavy atom. The fourth-order valence-electron chi connectivity index (χ4n) is 6.48. The Kier molecular flexibility index (Phi) is 8.51. The molecule has 0 atom stereocenters. The van der Waals surface area contributed by atoms with Crippen LogP contribution in [0.25, 0.3) is 6.08 Å². The highest BCUT2D eigenvalue weighted by molar-refractivity contribution is 7.09. The maximum Gasteiger partial charge on any atom is 0.471 e. The average Bonchev–Trinajstić information content (AvgIpc) is 3.50. The van der Waals surface area contributed by atoms with E-state index >= 15 is 0 Å². The molecular formula is C31H35F3N6O3S. The highest BCUT2D eigenvalue weighted by Gasteiger charge is 2.49. The fraction of sp³-hybridized carbons (Fsp3) is 0.484. The van der Waals surface area contributed by atoms with Crippen LogP contribution in [0.1, 0.15) is 35.3 Å². The second-order valence-electron chi connectivity index (χ2n) is 12.1. The van der Waals surface area contributed by atoms with Crippen LogP contribution in [0.5, 0.6) is 0 Å². The number of thiophene rings is 1. The van der Waals surface area contributed by atoms with E-state index in [1.165, 1.54) is 10.5 Å². The Bertz CT molecular complexity index is 1460. The van der Waals surface area contributed by atoms with E-state index in [0.29, 0.717) is 51.4 Å². The summed E-state index contributed by atoms with van der Waals surface area (Å²) in [6, 6.07) is 5.90. The Morgan fingerprint density at radius 2 is 1.91 bits per heavy atom. The van der Waals surface area contributed by atoms with Crippen molar-refractivity contribution in [3.63, 3.8) is 0 Å². The van der Waals surface area contributed by atoms with Gasteiger partial charge in [-0.25, -0.2) is 9.78 Å². The number of nitrogens with zero attached hydrogens (tertiary/aromatic N) is 5. The number of urea groups is 1. The minimum absolute atomic E-state index is 0.0472. The molecule has 0 saturated carbocycles. The molecule has 2 aromatic rings. The number of rotatable bonds is 7. The van der Waals surface area contributed by atoms with Crippen molar-refractivity contribution >= 4 is 41.1 Å². The summed E-state index contributed by atoms with van der Waals surface area (Å²) >= 11 is 1.75. The van der Waals surface area contributed by atoms with E-state index < -0.39 is 12.1 Å². The predicted octanol–water partition coefficient (Wildman–Crippen LogP) is 4.39. The SMILES string of the molecule is O=C(C=Cc1cnc2c(c1)CN(CCN1CC3(CCN(C(=O)C(F)(F)F)CC3)C1)C(=O)N2)N1CC=C(Cc2cccs2)CC1. The van der Waals surface area contributed by atoms with Gasteiger partial charge in [-0.15, -0.1) is 11.3 Å². The van der Waals surface area contributed by atoms with Gasteiger partial charge in [0.15, 0.2) is 0 Å². The maximum atomic E-state index is 12.8. The van der Waals surface area contributed by atoms with Crippen LogP contribution < -0.4 is 5.32 Å². The van der Waals surface area contributed by atoms with Crippen LogP contribution in [0.3, 0.4) is 0 Å². The molecule has 6 heterocycles. The molecule has 4 amide bonds. The topological polar surface area (TPSA) is 89.1 Å². The third-order valence-corrected chi connectivity index (χ3v) is 9.91. The van der Waals surface area contributed by atoms with E-state index in [9.17, 15) is 27.6 Å². The van der Waals surface area contributed by atoms with Gasteiger partial charge in [0, 0.05) is 81.5 Å². The highest BCUT2D eigenvalue weighted by Crippen LogP contribution is 2.41. The van der Waals surface area contributed by atoms with Crippen LogP contribution in [-0.4, -0.2) is 101 Å². The number of aromatic nitrogens is 1. The van der Waals surface area contributed by atoms with Crippen LogP contribution >= 0.6 is 11.3 Å². The molecule has 0 radical (unpaired) electrons. The molecule has 2 saturated heterocycles. The third kappa shape index (κ3) is 6.83. The number of fused-ring (bicyclic) bond motifs is 1. The molecule has 234 valence electrons. The molecule has 44 heavy (non-hydrogen) atoms. The monoisotopic (exact) mass is 628 g/mol. The second kappa shape index (κ2) is 12.4. The van der Waals surface area contributed by atoms with Gasteiger partial charge in [-0.2, -0.15) is 13.2 Å². The third-order valence-electron chi connectivity index (χ3n) is 9.03. The van der Waals surface area contributed by atoms with Crippen molar-refractivity contribution in [2.75, 3.05) is 57.7 Å². The zero-order valence-electron chi connectivity index (χ0n) is 24.3. The highest BCUT2D eigenvalue weighted by atomic mass is 32.1. The van der Waals surface area contributed by atoms with Crippen molar-refractivity contribution in [2.45, 2.75) is 38.4 Å². The smallest absolute Gasteiger partial charge is 0.335 e. The summed E-state index contributed by atoms with van der Waals surface area (Å²) in [5.41, 5.74) is 2.94. The van der Waals surface area contributed by atoms with E-state index in [-0.39, 0.29) is 30.4 Å². The van der Waals surface area contributed by atoms with Gasteiger partial charge in [0.25, 0.3) is 0 Å². The van der Waals surface area contributed by atoms with Gasteiger partial charge in [-0.05, 0) is 53.8 Å². The van der Waals surface area contributed by atoms with Crippen molar-refractivity contribution in [3.05, 3.63) is 63.5 Å². The molecule has 2 fully saturated rings. The first-order valence-corrected chi connectivity index (χ1v) is 15.8. The molecule has 13 heteroatoms. The molecule has 1 spiro atoms. The van der Waals surface area contributed by atoms with Crippen molar-refractivity contribution in [2.24, 2.45) is 5.41 Å². The molecule has 0 aromatic carbocycles. The van der Waals surface area contributed by atoms with Crippen LogP contribution in [0.4, 0.5) is 23.8 Å². The van der Waals surface area contributed by atoms with E-state index in [0.717, 1.165) is 42.0 Å². The Morgan fingerprint density at radius 1 is 1.11 bits per heavy atom. The standard InChI is InChI=1S/C31H35F3N6O3S/c32-31(33,34)28(42)39-11-7-30(8-12-39)20-37(21-30)13-14-40-19-24-16-23(18-35-27(24)36-29(40)43)3-4-26(41)38-9-5-22(6-10-38)17-25-2-1-15-44-25/h1-5,15-16,18H,6-14,17,19-21H2,(H,35,36,43). The van der Waals surface area contributed by atoms with E-state index in [1.807, 2.05) is 11.0 Å². The number of pyridine rings is 1. The van der Waals surface area contributed by atoms with Crippen molar-refractivity contribution in [1.29, 1.82) is 0 Å². The number of amides is 4. The van der Waals surface area contributed by atoms with Gasteiger partial charge in [0.2, 0.25) is 5.91 Å². The fourth-order valence-corrected chi connectivity index (χ4v) is 7.23. The molecular weight excluding hydrogens is 593 g/mol. The number of anilines is 1. The number of alkyl halides is 3. The normalized spacial score (nSPS) is 20.4. The lowest BCUT2D eigenvalue weighted by Gasteiger charge is -2.54. The molecule has 9 nitrogen and oxygen atoms in total. The van der Waals surface area contributed by atoms with Crippen LogP contribution in [0.15, 0.2) is 47.5 Å². The van der Waals surface area contributed by atoms with Gasteiger partial charge in [0.05, 0.1) is 6.54 Å². The first kappa shape index (κ1) is 30.3. The lowest BCUT2D eigenvalue weighted by atomic mass is 9.72. The molecule has 6 rings (SSSR count). The number of halogens is 3. The van der Waals surface area contributed by atoms with Crippen LogP contribution in [0, 0.1) is 5.41 Å². The van der Waals surface area contributed by atoms with E-state index in [2.05, 4.69) is 38.8 Å². The van der Waals surface area contributed by atoms with Gasteiger partial charge in [-0.3, -0.25) is 14.9 Å². The van der Waals surface area contributed by atoms with Crippen LogP contribution in [0.2, 0.25) is 0 Å². The number of hydrogen-bond acceptors (Lipinski definition) is 6. The quantitative estimate of drug-likeness (QED) is 0.363.